The van der Waals surface area contributed by atoms with Crippen LogP contribution in [-0.4, -0.2) is 103 Å². The highest BCUT2D eigenvalue weighted by molar-refractivity contribution is 5.87. The fourth-order valence-corrected chi connectivity index (χ4v) is 3.30. The lowest BCUT2D eigenvalue weighted by atomic mass is 10.1. The third-order valence-corrected chi connectivity index (χ3v) is 4.80. The zero-order valence-electron chi connectivity index (χ0n) is 18.7. The highest BCUT2D eigenvalue weighted by atomic mass is 16.5. The van der Waals surface area contributed by atoms with E-state index in [1.807, 2.05) is 0 Å². The SMILES string of the molecule is O=C(O)CN(CCOCCN(CC(=O)O)Cc1cccnc1C(=O)O)Cc1cccnc1C(=O)O. The van der Waals surface area contributed by atoms with Crippen LogP contribution >= 0.6 is 0 Å². The van der Waals surface area contributed by atoms with Crippen molar-refractivity contribution >= 4 is 23.9 Å². The number of aromatic nitrogens is 2. The van der Waals surface area contributed by atoms with Crippen LogP contribution in [0.1, 0.15) is 32.1 Å². The van der Waals surface area contributed by atoms with Crippen molar-refractivity contribution in [2.45, 2.75) is 13.1 Å². The molecule has 0 fully saturated rings. The highest BCUT2D eigenvalue weighted by Gasteiger charge is 2.18. The second-order valence-corrected chi connectivity index (χ2v) is 7.45. The van der Waals surface area contributed by atoms with Crippen LogP contribution in [0.2, 0.25) is 0 Å². The van der Waals surface area contributed by atoms with Crippen LogP contribution in [0.25, 0.3) is 0 Å². The Morgan fingerprint density at radius 1 is 0.714 bits per heavy atom. The Morgan fingerprint density at radius 3 is 1.46 bits per heavy atom. The minimum Gasteiger partial charge on any atom is -0.480 e. The molecule has 13 heteroatoms. The van der Waals surface area contributed by atoms with Crippen molar-refractivity contribution in [3.8, 4) is 0 Å². The quantitative estimate of drug-likeness (QED) is 0.236. The Balaban J connectivity index is 1.92. The average Bonchev–Trinajstić information content (AvgIpc) is 2.78. The summed E-state index contributed by atoms with van der Waals surface area (Å²) in [5.41, 5.74) is 0.396. The first kappa shape index (κ1) is 27.3. The van der Waals surface area contributed by atoms with Gasteiger partial charge >= 0.3 is 23.9 Å². The molecular weight excluding hydrogens is 464 g/mol. The minimum atomic E-state index is -1.22. The molecule has 0 unspecified atom stereocenters. The lowest BCUT2D eigenvalue weighted by molar-refractivity contribution is -0.139. The molecule has 188 valence electrons. The van der Waals surface area contributed by atoms with E-state index in [1.165, 1.54) is 22.2 Å². The van der Waals surface area contributed by atoms with Gasteiger partial charge in [-0.15, -0.1) is 0 Å². The molecule has 0 bridgehead atoms. The smallest absolute Gasteiger partial charge is 0.354 e. The van der Waals surface area contributed by atoms with E-state index in [1.54, 1.807) is 24.3 Å². The summed E-state index contributed by atoms with van der Waals surface area (Å²) in [5.74, 6) is -4.62. The second kappa shape index (κ2) is 13.7. The Morgan fingerprint density at radius 2 is 1.11 bits per heavy atom. The van der Waals surface area contributed by atoms with Crippen molar-refractivity contribution in [1.82, 2.24) is 19.8 Å². The van der Waals surface area contributed by atoms with E-state index >= 15 is 0 Å². The fourth-order valence-electron chi connectivity index (χ4n) is 3.30. The lowest BCUT2D eigenvalue weighted by Crippen LogP contribution is -2.35. The summed E-state index contributed by atoms with van der Waals surface area (Å²) < 4.78 is 5.56. The molecule has 0 aliphatic rings. The molecule has 2 heterocycles. The standard InChI is InChI=1S/C22H26N4O9/c27-17(28)13-25(11-15-3-1-5-23-19(15)21(31)32)7-9-35-10-8-26(14-18(29)30)12-16-4-2-6-24-20(16)22(33)34/h1-6H,7-14H2,(H,27,28)(H,29,30)(H,31,32)(H,33,34). The molecule has 0 spiro atoms. The first-order valence-corrected chi connectivity index (χ1v) is 10.5. The van der Waals surface area contributed by atoms with Gasteiger partial charge in [-0.2, -0.15) is 0 Å². The first-order valence-electron chi connectivity index (χ1n) is 10.5. The third kappa shape index (κ3) is 9.44. The van der Waals surface area contributed by atoms with Gasteiger partial charge in [-0.1, -0.05) is 12.1 Å². The number of hydrogen-bond acceptors (Lipinski definition) is 9. The molecule has 0 aliphatic heterocycles. The summed E-state index contributed by atoms with van der Waals surface area (Å²) in [6, 6.07) is 6.23. The lowest BCUT2D eigenvalue weighted by Gasteiger charge is -2.23. The fraction of sp³-hybridized carbons (Fsp3) is 0.364. The van der Waals surface area contributed by atoms with Gasteiger partial charge in [0.15, 0.2) is 11.4 Å². The summed E-state index contributed by atoms with van der Waals surface area (Å²) in [6.07, 6.45) is 2.68. The van der Waals surface area contributed by atoms with Crippen molar-refractivity contribution in [3.63, 3.8) is 0 Å². The van der Waals surface area contributed by atoms with Gasteiger partial charge in [0.2, 0.25) is 0 Å². The van der Waals surface area contributed by atoms with Gasteiger partial charge in [0, 0.05) is 38.6 Å². The van der Waals surface area contributed by atoms with Crippen molar-refractivity contribution in [3.05, 3.63) is 59.2 Å². The molecule has 0 atom stereocenters. The molecule has 2 aromatic heterocycles. The van der Waals surface area contributed by atoms with Crippen LogP contribution in [0.5, 0.6) is 0 Å². The van der Waals surface area contributed by atoms with E-state index in [0.29, 0.717) is 11.1 Å². The maximum atomic E-state index is 11.3. The number of aliphatic carboxylic acids is 2. The summed E-state index contributed by atoms with van der Waals surface area (Å²) in [4.78, 5) is 55.8. The molecule has 2 aromatic rings. The normalized spacial score (nSPS) is 11.0. The van der Waals surface area contributed by atoms with E-state index in [9.17, 15) is 39.6 Å². The van der Waals surface area contributed by atoms with Crippen molar-refractivity contribution < 1.29 is 44.3 Å². The number of nitrogens with zero attached hydrogens (tertiary/aromatic N) is 4. The summed E-state index contributed by atoms with van der Waals surface area (Å²) >= 11 is 0. The Kier molecular flexibility index (Phi) is 10.7. The van der Waals surface area contributed by atoms with Crippen LogP contribution in [0.3, 0.4) is 0 Å². The largest absolute Gasteiger partial charge is 0.480 e. The Bertz CT molecular complexity index is 966. The summed E-state index contributed by atoms with van der Waals surface area (Å²) in [7, 11) is 0. The molecule has 0 saturated heterocycles. The van der Waals surface area contributed by atoms with Gasteiger partial charge in [0.05, 0.1) is 26.3 Å². The molecule has 35 heavy (non-hydrogen) atoms. The number of carboxylic acid groups (broad SMARTS) is 4. The molecule has 13 nitrogen and oxygen atoms in total. The predicted molar refractivity (Wildman–Crippen MR) is 119 cm³/mol. The van der Waals surface area contributed by atoms with Gasteiger partial charge in [0.25, 0.3) is 0 Å². The van der Waals surface area contributed by atoms with E-state index in [4.69, 9.17) is 4.74 Å². The molecule has 0 aromatic carbocycles. The number of hydrogen-bond donors (Lipinski definition) is 4. The van der Waals surface area contributed by atoms with Crippen LogP contribution < -0.4 is 0 Å². The number of ether oxygens (including phenoxy) is 1. The monoisotopic (exact) mass is 490 g/mol. The molecule has 0 aliphatic carbocycles. The number of carbonyl (C=O) groups is 4. The van der Waals surface area contributed by atoms with Crippen LogP contribution in [0, 0.1) is 0 Å². The Hall–Kier alpha value is -3.94. The minimum absolute atomic E-state index is 0.0369. The zero-order valence-corrected chi connectivity index (χ0v) is 18.7. The molecule has 0 saturated carbocycles. The summed E-state index contributed by atoms with van der Waals surface area (Å²) in [6.45, 7) is -0.0719. The molecule has 2 rings (SSSR count). The van der Waals surface area contributed by atoms with Crippen molar-refractivity contribution in [2.75, 3.05) is 39.4 Å². The molecule has 0 radical (unpaired) electrons. The van der Waals surface area contributed by atoms with Crippen LogP contribution in [-0.2, 0) is 27.4 Å². The maximum Gasteiger partial charge on any atom is 0.354 e. The van der Waals surface area contributed by atoms with Crippen LogP contribution in [0.15, 0.2) is 36.7 Å². The maximum absolute atomic E-state index is 11.3. The van der Waals surface area contributed by atoms with Crippen LogP contribution in [0.4, 0.5) is 0 Å². The van der Waals surface area contributed by atoms with E-state index in [0.717, 1.165) is 0 Å². The van der Waals surface area contributed by atoms with E-state index in [2.05, 4.69) is 9.97 Å². The number of carboxylic acids is 4. The highest BCUT2D eigenvalue weighted by Crippen LogP contribution is 2.11. The van der Waals surface area contributed by atoms with Gasteiger partial charge in [-0.05, 0) is 23.3 Å². The van der Waals surface area contributed by atoms with Crippen molar-refractivity contribution in [1.29, 1.82) is 0 Å². The van der Waals surface area contributed by atoms with Crippen molar-refractivity contribution in [2.24, 2.45) is 0 Å². The van der Waals surface area contributed by atoms with Gasteiger partial charge < -0.3 is 25.2 Å². The predicted octanol–water partition coefficient (Wildman–Crippen LogP) is 0.363. The van der Waals surface area contributed by atoms with Gasteiger partial charge in [0.1, 0.15) is 0 Å². The number of pyridine rings is 2. The summed E-state index contributed by atoms with van der Waals surface area (Å²) in [5, 5.41) is 36.9. The van der Waals surface area contributed by atoms with Gasteiger partial charge in [-0.3, -0.25) is 19.4 Å². The molecule has 4 N–H and O–H groups in total. The zero-order chi connectivity index (χ0) is 25.8. The topological polar surface area (TPSA) is 191 Å². The Labute approximate surface area is 200 Å². The third-order valence-electron chi connectivity index (χ3n) is 4.80. The second-order valence-electron chi connectivity index (χ2n) is 7.45. The number of aromatic carboxylic acids is 2. The first-order chi connectivity index (χ1) is 16.7. The molecule has 0 amide bonds. The van der Waals surface area contributed by atoms with E-state index < -0.39 is 23.9 Å². The average molecular weight is 490 g/mol. The van der Waals surface area contributed by atoms with Gasteiger partial charge in [-0.25, -0.2) is 19.6 Å². The van der Waals surface area contributed by atoms with E-state index in [-0.39, 0.29) is 63.9 Å². The number of rotatable bonds is 16. The molecular formula is C22H26N4O9.